The van der Waals surface area contributed by atoms with Gasteiger partial charge in [0.2, 0.25) is 0 Å². The number of nitrogens with zero attached hydrogens (tertiary/aromatic N) is 3. The van der Waals surface area contributed by atoms with Gasteiger partial charge in [0.25, 0.3) is 5.56 Å². The number of nitrogens with one attached hydrogen (secondary N) is 2. The van der Waals surface area contributed by atoms with Crippen molar-refractivity contribution >= 4 is 28.5 Å². The number of morpholine rings is 1. The minimum atomic E-state index is -0.241. The number of hydrogen-bond acceptors (Lipinski definition) is 5. The smallest absolute Gasteiger partial charge is 0.317 e. The molecule has 2 N–H and O–H groups in total. The van der Waals surface area contributed by atoms with Crippen LogP contribution in [0.5, 0.6) is 0 Å². The molecule has 1 atom stereocenters. The number of ether oxygens (including phenoxy) is 1. The Kier molecular flexibility index (Phi) is 8.28. The van der Waals surface area contributed by atoms with Gasteiger partial charge >= 0.3 is 6.03 Å². The lowest BCUT2D eigenvalue weighted by Crippen LogP contribution is -2.50. The summed E-state index contributed by atoms with van der Waals surface area (Å²) in [6.07, 6.45) is 0.764. The molecule has 0 radical (unpaired) electrons. The molecule has 0 bridgehead atoms. The molecule has 1 aliphatic heterocycles. The summed E-state index contributed by atoms with van der Waals surface area (Å²) in [4.78, 5) is 36.5. The predicted octanol–water partition coefficient (Wildman–Crippen LogP) is 2.85. The normalized spacial score (nSPS) is 17.3. The highest BCUT2D eigenvalue weighted by Gasteiger charge is 2.23. The number of benzene rings is 1. The molecule has 2 amide bonds. The minimum absolute atomic E-state index is 0.0272. The quantitative estimate of drug-likeness (QED) is 0.646. The van der Waals surface area contributed by atoms with E-state index in [9.17, 15) is 9.59 Å². The van der Waals surface area contributed by atoms with Crippen LogP contribution in [0.3, 0.4) is 0 Å². The van der Waals surface area contributed by atoms with E-state index in [1.165, 1.54) is 0 Å². The molecule has 2 heterocycles. The molecule has 1 fully saturated rings. The first kappa shape index (κ1) is 23.5. The Morgan fingerprint density at radius 3 is 3.00 bits per heavy atom. The van der Waals surface area contributed by atoms with Crippen LogP contribution >= 0.6 is 11.6 Å². The number of halogens is 1. The van der Waals surface area contributed by atoms with Crippen LogP contribution in [0.2, 0.25) is 5.02 Å². The van der Waals surface area contributed by atoms with Crippen molar-refractivity contribution in [2.24, 2.45) is 5.92 Å². The summed E-state index contributed by atoms with van der Waals surface area (Å²) in [6, 6.07) is 4.77. The molecular formula is C22H32ClN5O3. The molecule has 170 valence electrons. The first-order chi connectivity index (χ1) is 14.9. The standard InChI is InChI=1S/C22H32ClN5O3/c1-4-7-28(14-20-25-19-10-16(23)5-6-18(19)21(29)26-20)22(30)24-11-17-13-27(8-9-31-17)12-15(2)3/h5-6,10,15,17H,4,7-9,11-14H2,1-3H3,(H,24,30)(H,25,26,29). The summed E-state index contributed by atoms with van der Waals surface area (Å²) in [7, 11) is 0. The van der Waals surface area contributed by atoms with Crippen LogP contribution in [0, 0.1) is 5.92 Å². The lowest BCUT2D eigenvalue weighted by Gasteiger charge is -2.34. The van der Waals surface area contributed by atoms with Gasteiger partial charge in [0.1, 0.15) is 5.82 Å². The second kappa shape index (κ2) is 10.9. The van der Waals surface area contributed by atoms with Gasteiger partial charge in [-0.25, -0.2) is 9.78 Å². The SMILES string of the molecule is CCCN(Cc1nc2cc(Cl)ccc2c(=O)[nH]1)C(=O)NCC1CN(CC(C)C)CCO1. The molecule has 8 nitrogen and oxygen atoms in total. The van der Waals surface area contributed by atoms with Crippen LogP contribution in [0.1, 0.15) is 33.0 Å². The maximum atomic E-state index is 12.8. The number of aromatic amines is 1. The molecule has 2 aromatic rings. The lowest BCUT2D eigenvalue weighted by atomic mass is 10.2. The summed E-state index contributed by atoms with van der Waals surface area (Å²) in [5.41, 5.74) is 0.276. The number of amides is 2. The third-order valence-corrected chi connectivity index (χ3v) is 5.40. The van der Waals surface area contributed by atoms with E-state index in [1.807, 2.05) is 6.92 Å². The van der Waals surface area contributed by atoms with E-state index < -0.39 is 0 Å². The fraction of sp³-hybridized carbons (Fsp3) is 0.591. The molecule has 1 aliphatic rings. The Balaban J connectivity index is 1.63. The zero-order valence-corrected chi connectivity index (χ0v) is 19.2. The van der Waals surface area contributed by atoms with Crippen molar-refractivity contribution in [2.75, 3.05) is 39.3 Å². The third-order valence-electron chi connectivity index (χ3n) is 5.17. The van der Waals surface area contributed by atoms with Gasteiger partial charge < -0.3 is 19.9 Å². The molecule has 1 unspecified atom stereocenters. The highest BCUT2D eigenvalue weighted by Crippen LogP contribution is 2.15. The van der Waals surface area contributed by atoms with Crippen LogP contribution < -0.4 is 10.9 Å². The average molecular weight is 450 g/mol. The molecule has 0 aliphatic carbocycles. The first-order valence-electron chi connectivity index (χ1n) is 10.9. The Morgan fingerprint density at radius 2 is 2.26 bits per heavy atom. The molecule has 1 saturated heterocycles. The van der Waals surface area contributed by atoms with Crippen molar-refractivity contribution in [1.82, 2.24) is 25.1 Å². The first-order valence-corrected chi connectivity index (χ1v) is 11.3. The van der Waals surface area contributed by atoms with Crippen molar-refractivity contribution < 1.29 is 9.53 Å². The molecule has 0 spiro atoms. The fourth-order valence-corrected chi connectivity index (χ4v) is 4.00. The van der Waals surface area contributed by atoms with E-state index in [2.05, 4.69) is 34.0 Å². The second-order valence-corrected chi connectivity index (χ2v) is 8.86. The second-order valence-electron chi connectivity index (χ2n) is 8.43. The van der Waals surface area contributed by atoms with E-state index in [0.717, 1.165) is 26.1 Å². The number of urea groups is 1. The highest BCUT2D eigenvalue weighted by molar-refractivity contribution is 6.31. The van der Waals surface area contributed by atoms with E-state index in [1.54, 1.807) is 23.1 Å². The fourth-order valence-electron chi connectivity index (χ4n) is 3.84. The topological polar surface area (TPSA) is 90.6 Å². The Morgan fingerprint density at radius 1 is 1.45 bits per heavy atom. The monoisotopic (exact) mass is 449 g/mol. The Bertz CT molecular complexity index is 948. The molecular weight excluding hydrogens is 418 g/mol. The zero-order valence-electron chi connectivity index (χ0n) is 18.5. The van der Waals surface area contributed by atoms with Gasteiger partial charge in [0, 0.05) is 37.7 Å². The number of fused-ring (bicyclic) bond motifs is 1. The van der Waals surface area contributed by atoms with E-state index in [-0.39, 0.29) is 24.2 Å². The Hall–Kier alpha value is -2.16. The highest BCUT2D eigenvalue weighted by atomic mass is 35.5. The molecule has 31 heavy (non-hydrogen) atoms. The van der Waals surface area contributed by atoms with Crippen LogP contribution in [0.15, 0.2) is 23.0 Å². The van der Waals surface area contributed by atoms with E-state index >= 15 is 0 Å². The summed E-state index contributed by atoms with van der Waals surface area (Å²) in [6.45, 7) is 11.1. The summed E-state index contributed by atoms with van der Waals surface area (Å²) >= 11 is 6.04. The van der Waals surface area contributed by atoms with Crippen LogP contribution in [-0.2, 0) is 11.3 Å². The van der Waals surface area contributed by atoms with Gasteiger partial charge in [-0.15, -0.1) is 0 Å². The van der Waals surface area contributed by atoms with Crippen LogP contribution in [0.4, 0.5) is 4.79 Å². The van der Waals surface area contributed by atoms with Gasteiger partial charge in [-0.2, -0.15) is 0 Å². The number of carbonyl (C=O) groups excluding carboxylic acids is 1. The number of aromatic nitrogens is 2. The van der Waals surface area contributed by atoms with E-state index in [4.69, 9.17) is 16.3 Å². The van der Waals surface area contributed by atoms with Gasteiger partial charge in [0.15, 0.2) is 0 Å². The van der Waals surface area contributed by atoms with Gasteiger partial charge in [0.05, 0.1) is 30.2 Å². The largest absolute Gasteiger partial charge is 0.374 e. The molecule has 9 heteroatoms. The van der Waals surface area contributed by atoms with Crippen molar-refractivity contribution in [1.29, 1.82) is 0 Å². The summed E-state index contributed by atoms with van der Waals surface area (Å²) in [5.74, 6) is 1.03. The maximum absolute atomic E-state index is 12.8. The van der Waals surface area contributed by atoms with Crippen molar-refractivity contribution in [2.45, 2.75) is 39.8 Å². The summed E-state index contributed by atoms with van der Waals surface area (Å²) < 4.78 is 5.83. The number of carbonyl (C=O) groups is 1. The van der Waals surface area contributed by atoms with Crippen molar-refractivity contribution in [3.63, 3.8) is 0 Å². The predicted molar refractivity (Wildman–Crippen MR) is 122 cm³/mol. The maximum Gasteiger partial charge on any atom is 0.317 e. The van der Waals surface area contributed by atoms with Gasteiger partial charge in [-0.1, -0.05) is 32.4 Å². The zero-order chi connectivity index (χ0) is 22.4. The summed E-state index contributed by atoms with van der Waals surface area (Å²) in [5, 5.41) is 3.97. The lowest BCUT2D eigenvalue weighted by molar-refractivity contribution is -0.0294. The molecule has 1 aromatic carbocycles. The number of rotatable bonds is 8. The molecule has 0 saturated carbocycles. The van der Waals surface area contributed by atoms with Crippen molar-refractivity contribution in [3.05, 3.63) is 39.4 Å². The number of hydrogen-bond donors (Lipinski definition) is 2. The molecule has 1 aromatic heterocycles. The third kappa shape index (κ3) is 6.66. The van der Waals surface area contributed by atoms with Gasteiger partial charge in [-0.05, 0) is 30.5 Å². The van der Waals surface area contributed by atoms with Gasteiger partial charge in [-0.3, -0.25) is 9.69 Å². The van der Waals surface area contributed by atoms with Crippen molar-refractivity contribution in [3.8, 4) is 0 Å². The Labute approximate surface area is 187 Å². The molecule has 3 rings (SSSR count). The number of H-pyrrole nitrogens is 1. The van der Waals surface area contributed by atoms with E-state index in [0.29, 0.717) is 47.4 Å². The minimum Gasteiger partial charge on any atom is -0.374 e. The average Bonchev–Trinajstić information content (AvgIpc) is 2.71. The van der Waals surface area contributed by atoms with Crippen LogP contribution in [-0.4, -0.2) is 71.2 Å². The van der Waals surface area contributed by atoms with Crippen LogP contribution in [0.25, 0.3) is 10.9 Å².